The minimum atomic E-state index is 0.348. The molecule has 22 heavy (non-hydrogen) atoms. The lowest BCUT2D eigenvalue weighted by atomic mass is 10.0. The van der Waals surface area contributed by atoms with Gasteiger partial charge >= 0.3 is 0 Å². The van der Waals surface area contributed by atoms with E-state index in [1.165, 1.54) is 56.9 Å². The quantitative estimate of drug-likeness (QED) is 0.377. The lowest BCUT2D eigenvalue weighted by Gasteiger charge is -2.07. The van der Waals surface area contributed by atoms with Gasteiger partial charge in [0.15, 0.2) is 0 Å². The maximum absolute atomic E-state index is 5.59. The Balaban J connectivity index is 2.07. The molecule has 0 N–H and O–H groups in total. The van der Waals surface area contributed by atoms with Crippen molar-refractivity contribution in [2.75, 3.05) is 19.8 Å². The molecule has 0 saturated heterocycles. The number of aryl methyl sites for hydroxylation is 1. The number of hydrogen-bond acceptors (Lipinski definition) is 2. The highest BCUT2D eigenvalue weighted by Crippen LogP contribution is 2.15. The van der Waals surface area contributed by atoms with Gasteiger partial charge in [-0.05, 0) is 30.5 Å². The molecular formula is C20H30O2. The lowest BCUT2D eigenvalue weighted by molar-refractivity contribution is 0.124. The highest BCUT2D eigenvalue weighted by Gasteiger charge is 1.97. The predicted octanol–water partition coefficient (Wildman–Crippen LogP) is 5.01. The van der Waals surface area contributed by atoms with Crippen LogP contribution in [-0.4, -0.2) is 19.8 Å². The Hall–Kier alpha value is -1.46. The van der Waals surface area contributed by atoms with Crippen LogP contribution in [0.15, 0.2) is 24.3 Å². The van der Waals surface area contributed by atoms with Gasteiger partial charge in [-0.2, -0.15) is 0 Å². The molecule has 0 aliphatic carbocycles. The Morgan fingerprint density at radius 2 is 1.59 bits per heavy atom. The van der Waals surface area contributed by atoms with Crippen molar-refractivity contribution in [2.24, 2.45) is 0 Å². The molecule has 0 unspecified atom stereocenters. The molecule has 0 aromatic heterocycles. The highest BCUT2D eigenvalue weighted by atomic mass is 16.5. The van der Waals surface area contributed by atoms with Crippen LogP contribution in [0.4, 0.5) is 0 Å². The van der Waals surface area contributed by atoms with E-state index in [1.807, 2.05) is 12.1 Å². The fraction of sp³-hybridized carbons (Fsp3) is 0.600. The van der Waals surface area contributed by atoms with E-state index < -0.39 is 0 Å². The Kier molecular flexibility index (Phi) is 11.2. The first-order valence-electron chi connectivity index (χ1n) is 8.59. The normalized spacial score (nSPS) is 10.4. The van der Waals surface area contributed by atoms with Crippen LogP contribution in [0.2, 0.25) is 0 Å². The van der Waals surface area contributed by atoms with Crippen molar-refractivity contribution in [3.63, 3.8) is 0 Å². The summed E-state index contributed by atoms with van der Waals surface area (Å²) in [5.41, 5.74) is 1.39. The molecule has 0 amide bonds. The lowest BCUT2D eigenvalue weighted by Crippen LogP contribution is -2.06. The summed E-state index contributed by atoms with van der Waals surface area (Å²) in [6, 6.07) is 8.40. The third-order valence-electron chi connectivity index (χ3n) is 3.67. The van der Waals surface area contributed by atoms with Gasteiger partial charge in [0.2, 0.25) is 0 Å². The molecule has 0 bridgehead atoms. The second kappa shape index (κ2) is 13.2. The summed E-state index contributed by atoms with van der Waals surface area (Å²) in [7, 11) is 0. The van der Waals surface area contributed by atoms with E-state index in [-0.39, 0.29) is 0 Å². The van der Waals surface area contributed by atoms with Gasteiger partial charge in [-0.15, -0.1) is 6.42 Å². The zero-order chi connectivity index (χ0) is 15.9. The molecule has 0 aliphatic rings. The molecule has 0 heterocycles. The van der Waals surface area contributed by atoms with Gasteiger partial charge in [-0.3, -0.25) is 0 Å². The van der Waals surface area contributed by atoms with Crippen molar-refractivity contribution in [1.82, 2.24) is 0 Å². The van der Waals surface area contributed by atoms with Gasteiger partial charge < -0.3 is 9.47 Å². The molecule has 1 rings (SSSR count). The molecule has 1 aromatic rings. The van der Waals surface area contributed by atoms with Gasteiger partial charge in [0.1, 0.15) is 19.0 Å². The Morgan fingerprint density at radius 1 is 0.909 bits per heavy atom. The third-order valence-corrected chi connectivity index (χ3v) is 3.67. The summed E-state index contributed by atoms with van der Waals surface area (Å²) >= 11 is 0. The van der Waals surface area contributed by atoms with Crippen LogP contribution in [0, 0.1) is 12.3 Å². The summed E-state index contributed by atoms with van der Waals surface area (Å²) < 4.78 is 10.8. The zero-order valence-electron chi connectivity index (χ0n) is 14.0. The SMILES string of the molecule is C#CCOCCOc1ccc(CCCCCCCCC)cc1. The van der Waals surface area contributed by atoms with Crippen LogP contribution in [-0.2, 0) is 11.2 Å². The minimum absolute atomic E-state index is 0.348. The van der Waals surface area contributed by atoms with Crippen LogP contribution >= 0.6 is 0 Å². The van der Waals surface area contributed by atoms with Crippen molar-refractivity contribution >= 4 is 0 Å². The number of rotatable bonds is 13. The largest absolute Gasteiger partial charge is 0.491 e. The fourth-order valence-electron chi connectivity index (χ4n) is 2.39. The van der Waals surface area contributed by atoms with Crippen LogP contribution in [0.5, 0.6) is 5.75 Å². The van der Waals surface area contributed by atoms with E-state index in [4.69, 9.17) is 15.9 Å². The monoisotopic (exact) mass is 302 g/mol. The molecule has 2 nitrogen and oxygen atoms in total. The molecule has 0 aliphatic heterocycles. The van der Waals surface area contributed by atoms with Crippen LogP contribution in [0.25, 0.3) is 0 Å². The molecule has 122 valence electrons. The molecule has 2 heteroatoms. The van der Waals surface area contributed by atoms with Crippen LogP contribution in [0.1, 0.15) is 57.4 Å². The van der Waals surface area contributed by atoms with Crippen LogP contribution < -0.4 is 4.74 Å². The second-order valence-corrected chi connectivity index (χ2v) is 5.62. The minimum Gasteiger partial charge on any atom is -0.491 e. The summed E-state index contributed by atoms with van der Waals surface area (Å²) in [5, 5.41) is 0. The van der Waals surface area contributed by atoms with Crippen molar-refractivity contribution in [3.8, 4) is 18.1 Å². The average Bonchev–Trinajstić information content (AvgIpc) is 2.55. The summed E-state index contributed by atoms with van der Waals surface area (Å²) in [6.07, 6.45) is 15.8. The summed E-state index contributed by atoms with van der Waals surface area (Å²) in [6.45, 7) is 3.68. The van der Waals surface area contributed by atoms with E-state index >= 15 is 0 Å². The number of unbranched alkanes of at least 4 members (excludes halogenated alkanes) is 6. The van der Waals surface area contributed by atoms with Crippen molar-refractivity contribution in [1.29, 1.82) is 0 Å². The average molecular weight is 302 g/mol. The van der Waals surface area contributed by atoms with E-state index in [9.17, 15) is 0 Å². The summed E-state index contributed by atoms with van der Waals surface area (Å²) in [4.78, 5) is 0. The van der Waals surface area contributed by atoms with E-state index in [0.717, 1.165) is 5.75 Å². The second-order valence-electron chi connectivity index (χ2n) is 5.62. The molecule has 0 saturated carbocycles. The Labute approximate surface area is 136 Å². The topological polar surface area (TPSA) is 18.5 Å². The molecule has 0 atom stereocenters. The van der Waals surface area contributed by atoms with E-state index in [0.29, 0.717) is 19.8 Å². The first-order chi connectivity index (χ1) is 10.9. The Bertz CT molecular complexity index is 403. The number of hydrogen-bond donors (Lipinski definition) is 0. The summed E-state index contributed by atoms with van der Waals surface area (Å²) in [5.74, 6) is 3.33. The van der Waals surface area contributed by atoms with Gasteiger partial charge in [0.25, 0.3) is 0 Å². The molecule has 0 fully saturated rings. The highest BCUT2D eigenvalue weighted by molar-refractivity contribution is 5.27. The zero-order valence-corrected chi connectivity index (χ0v) is 14.0. The fourth-order valence-corrected chi connectivity index (χ4v) is 2.39. The van der Waals surface area contributed by atoms with Crippen LogP contribution in [0.3, 0.4) is 0 Å². The number of terminal acetylenes is 1. The maximum Gasteiger partial charge on any atom is 0.119 e. The maximum atomic E-state index is 5.59. The van der Waals surface area contributed by atoms with Gasteiger partial charge in [0, 0.05) is 0 Å². The van der Waals surface area contributed by atoms with Crippen molar-refractivity contribution < 1.29 is 9.47 Å². The number of ether oxygens (including phenoxy) is 2. The first kappa shape index (κ1) is 18.6. The molecule has 0 spiro atoms. The van der Waals surface area contributed by atoms with Gasteiger partial charge in [-0.25, -0.2) is 0 Å². The molecule has 0 radical (unpaired) electrons. The predicted molar refractivity (Wildman–Crippen MR) is 93.3 cm³/mol. The third kappa shape index (κ3) is 9.47. The van der Waals surface area contributed by atoms with Gasteiger partial charge in [-0.1, -0.05) is 63.5 Å². The van der Waals surface area contributed by atoms with E-state index in [2.05, 4.69) is 25.0 Å². The van der Waals surface area contributed by atoms with Gasteiger partial charge in [0.05, 0.1) is 6.61 Å². The Morgan fingerprint density at radius 3 is 2.27 bits per heavy atom. The standard InChI is InChI=1S/C20H30O2/c1-3-5-6-7-8-9-10-11-19-12-14-20(15-13-19)22-18-17-21-16-4-2/h2,12-15H,3,5-11,16-18H2,1H3. The van der Waals surface area contributed by atoms with Crippen molar-refractivity contribution in [3.05, 3.63) is 29.8 Å². The molecule has 1 aromatic carbocycles. The molecular weight excluding hydrogens is 272 g/mol. The first-order valence-corrected chi connectivity index (χ1v) is 8.59. The smallest absolute Gasteiger partial charge is 0.119 e. The number of benzene rings is 1. The van der Waals surface area contributed by atoms with E-state index in [1.54, 1.807) is 0 Å². The van der Waals surface area contributed by atoms with Crippen molar-refractivity contribution in [2.45, 2.75) is 58.3 Å².